The van der Waals surface area contributed by atoms with Gasteiger partial charge in [0.05, 0.1) is 13.7 Å². The molecule has 0 aliphatic heterocycles. The van der Waals surface area contributed by atoms with E-state index >= 15 is 0 Å². The first-order valence-corrected chi connectivity index (χ1v) is 5.23. The number of rotatable bonds is 6. The Morgan fingerprint density at radius 3 is 2.83 bits per heavy atom. The van der Waals surface area contributed by atoms with E-state index in [1.54, 1.807) is 6.07 Å². The molecule has 0 heterocycles. The van der Waals surface area contributed by atoms with Gasteiger partial charge in [0.1, 0.15) is 17.6 Å². The van der Waals surface area contributed by atoms with Crippen LogP contribution >= 0.6 is 0 Å². The largest absolute Gasteiger partial charge is 0.496 e. The molecule has 1 atom stereocenters. The molecule has 1 aromatic rings. The van der Waals surface area contributed by atoms with Crippen LogP contribution in [0.1, 0.15) is 5.56 Å². The molecule has 4 N–H and O–H groups in total. The maximum absolute atomic E-state index is 13.5. The zero-order chi connectivity index (χ0) is 13.5. The van der Waals surface area contributed by atoms with Crippen LogP contribution in [-0.2, 0) is 11.3 Å². The van der Waals surface area contributed by atoms with E-state index in [0.29, 0.717) is 5.75 Å². The minimum absolute atomic E-state index is 0.0194. The summed E-state index contributed by atoms with van der Waals surface area (Å²) in [5.41, 5.74) is 1.65. The second kappa shape index (κ2) is 6.90. The summed E-state index contributed by atoms with van der Waals surface area (Å²) >= 11 is 0. The smallest absolute Gasteiger partial charge is 0.262 e. The van der Waals surface area contributed by atoms with E-state index in [4.69, 9.17) is 15.1 Å². The van der Waals surface area contributed by atoms with Gasteiger partial charge in [0, 0.05) is 12.1 Å². The number of benzene rings is 1. The number of hydrogen-bond donors (Lipinski definition) is 4. The Labute approximate surface area is 103 Å². The standard InChI is InChI=1S/C11H15FN2O4/c1-18-10-4-2-3-8(12)7(10)5-13-9(6-15)11(16)14-17/h2-4,9,13,15,17H,5-6H2,1H3,(H,14,16)/t9-/m0/s1. The number of amides is 1. The third kappa shape index (κ3) is 3.39. The molecule has 0 aliphatic rings. The van der Waals surface area contributed by atoms with Crippen LogP contribution in [0.15, 0.2) is 18.2 Å². The van der Waals surface area contributed by atoms with Gasteiger partial charge in [-0.15, -0.1) is 0 Å². The Balaban J connectivity index is 2.76. The van der Waals surface area contributed by atoms with Crippen LogP contribution in [0, 0.1) is 5.82 Å². The van der Waals surface area contributed by atoms with E-state index in [0.717, 1.165) is 0 Å². The molecule has 0 saturated heterocycles. The second-order valence-corrected chi connectivity index (χ2v) is 3.51. The van der Waals surface area contributed by atoms with Crippen LogP contribution in [0.25, 0.3) is 0 Å². The molecule has 0 radical (unpaired) electrons. The maximum atomic E-state index is 13.5. The molecule has 1 aromatic carbocycles. The third-order valence-electron chi connectivity index (χ3n) is 2.43. The van der Waals surface area contributed by atoms with Crippen LogP contribution in [0.3, 0.4) is 0 Å². The summed E-state index contributed by atoms with van der Waals surface area (Å²) in [4.78, 5) is 11.1. The number of hydrogen-bond acceptors (Lipinski definition) is 5. The topological polar surface area (TPSA) is 90.8 Å². The lowest BCUT2D eigenvalue weighted by atomic mass is 10.1. The first-order valence-electron chi connectivity index (χ1n) is 5.23. The van der Waals surface area contributed by atoms with Crippen molar-refractivity contribution >= 4 is 5.91 Å². The zero-order valence-corrected chi connectivity index (χ0v) is 9.81. The maximum Gasteiger partial charge on any atom is 0.262 e. The number of hydroxylamine groups is 1. The van der Waals surface area contributed by atoms with Crippen molar-refractivity contribution in [1.29, 1.82) is 0 Å². The lowest BCUT2D eigenvalue weighted by Crippen LogP contribution is -2.45. The molecule has 0 saturated carbocycles. The van der Waals surface area contributed by atoms with Crippen LogP contribution in [0.2, 0.25) is 0 Å². The lowest BCUT2D eigenvalue weighted by molar-refractivity contribution is -0.132. The number of carbonyl (C=O) groups excluding carboxylic acids is 1. The van der Waals surface area contributed by atoms with Crippen LogP contribution in [0.4, 0.5) is 4.39 Å². The van der Waals surface area contributed by atoms with Crippen molar-refractivity contribution in [2.24, 2.45) is 0 Å². The highest BCUT2D eigenvalue weighted by Crippen LogP contribution is 2.20. The molecule has 7 heteroatoms. The van der Waals surface area contributed by atoms with Gasteiger partial charge in [-0.2, -0.15) is 0 Å². The highest BCUT2D eigenvalue weighted by molar-refractivity contribution is 5.80. The predicted molar refractivity (Wildman–Crippen MR) is 60.6 cm³/mol. The number of nitrogens with one attached hydrogen (secondary N) is 2. The molecule has 1 amide bonds. The number of halogens is 1. The molecule has 0 unspecified atom stereocenters. The van der Waals surface area contributed by atoms with Gasteiger partial charge in [0.25, 0.3) is 5.91 Å². The van der Waals surface area contributed by atoms with Crippen molar-refractivity contribution in [3.8, 4) is 5.75 Å². The fraction of sp³-hybridized carbons (Fsp3) is 0.364. The summed E-state index contributed by atoms with van der Waals surface area (Å²) in [6.07, 6.45) is 0. The Morgan fingerprint density at radius 2 is 2.28 bits per heavy atom. The van der Waals surface area contributed by atoms with Gasteiger partial charge in [-0.1, -0.05) is 6.07 Å². The van der Waals surface area contributed by atoms with E-state index in [1.807, 2.05) is 0 Å². The minimum Gasteiger partial charge on any atom is -0.496 e. The molecule has 0 spiro atoms. The van der Waals surface area contributed by atoms with Gasteiger partial charge in [-0.25, -0.2) is 9.87 Å². The molecule has 1 rings (SSSR count). The molecule has 0 bridgehead atoms. The quantitative estimate of drug-likeness (QED) is 0.419. The van der Waals surface area contributed by atoms with Gasteiger partial charge >= 0.3 is 0 Å². The van der Waals surface area contributed by atoms with E-state index in [2.05, 4.69) is 5.32 Å². The third-order valence-corrected chi connectivity index (χ3v) is 2.43. The van der Waals surface area contributed by atoms with E-state index < -0.39 is 24.4 Å². The number of aliphatic hydroxyl groups excluding tert-OH is 1. The SMILES string of the molecule is COc1cccc(F)c1CN[C@@H](CO)C(=O)NO. The average molecular weight is 258 g/mol. The normalized spacial score (nSPS) is 12.0. The molecule has 18 heavy (non-hydrogen) atoms. The average Bonchev–Trinajstić information content (AvgIpc) is 2.40. The first kappa shape index (κ1) is 14.4. The minimum atomic E-state index is -1.03. The fourth-order valence-corrected chi connectivity index (χ4v) is 1.45. The summed E-state index contributed by atoms with van der Waals surface area (Å²) in [5, 5.41) is 20.0. The summed E-state index contributed by atoms with van der Waals surface area (Å²) in [6, 6.07) is 3.32. The predicted octanol–water partition coefficient (Wildman–Crippen LogP) is -0.210. The number of methoxy groups -OCH3 is 1. The fourth-order valence-electron chi connectivity index (χ4n) is 1.45. The van der Waals surface area contributed by atoms with Gasteiger partial charge in [0.2, 0.25) is 0 Å². The Hall–Kier alpha value is -1.70. The number of carbonyl (C=O) groups is 1. The molecule has 0 aromatic heterocycles. The zero-order valence-electron chi connectivity index (χ0n) is 9.81. The Bertz CT molecular complexity index is 414. The molecule has 0 fully saturated rings. The lowest BCUT2D eigenvalue weighted by Gasteiger charge is -2.15. The highest BCUT2D eigenvalue weighted by Gasteiger charge is 2.18. The van der Waals surface area contributed by atoms with Gasteiger partial charge in [0.15, 0.2) is 0 Å². The van der Waals surface area contributed by atoms with Crippen LogP contribution in [0.5, 0.6) is 5.75 Å². The Morgan fingerprint density at radius 1 is 1.56 bits per heavy atom. The van der Waals surface area contributed by atoms with Gasteiger partial charge in [-0.3, -0.25) is 15.3 Å². The first-order chi connectivity index (χ1) is 8.63. The van der Waals surface area contributed by atoms with Crippen molar-refractivity contribution in [2.45, 2.75) is 12.6 Å². The summed E-state index contributed by atoms with van der Waals surface area (Å²) in [7, 11) is 1.40. The molecule has 6 nitrogen and oxygen atoms in total. The monoisotopic (exact) mass is 258 g/mol. The molecule has 0 aliphatic carbocycles. The number of ether oxygens (including phenoxy) is 1. The summed E-state index contributed by atoms with van der Waals surface area (Å²) in [5.74, 6) is -0.945. The van der Waals surface area contributed by atoms with E-state index in [-0.39, 0.29) is 12.1 Å². The molecular formula is C11H15FN2O4. The van der Waals surface area contributed by atoms with Crippen molar-refractivity contribution in [2.75, 3.05) is 13.7 Å². The summed E-state index contributed by atoms with van der Waals surface area (Å²) < 4.78 is 18.5. The van der Waals surface area contributed by atoms with Crippen LogP contribution in [-0.4, -0.2) is 36.0 Å². The van der Waals surface area contributed by atoms with Gasteiger partial charge in [-0.05, 0) is 12.1 Å². The van der Waals surface area contributed by atoms with Crippen molar-refractivity contribution in [1.82, 2.24) is 10.8 Å². The van der Waals surface area contributed by atoms with E-state index in [1.165, 1.54) is 24.7 Å². The van der Waals surface area contributed by atoms with Crippen molar-refractivity contribution < 1.29 is 24.2 Å². The second-order valence-electron chi connectivity index (χ2n) is 3.51. The summed E-state index contributed by atoms with van der Waals surface area (Å²) in [6.45, 7) is -0.544. The molecular weight excluding hydrogens is 243 g/mol. The molecule has 100 valence electrons. The highest BCUT2D eigenvalue weighted by atomic mass is 19.1. The van der Waals surface area contributed by atoms with Crippen molar-refractivity contribution in [3.05, 3.63) is 29.6 Å². The Kier molecular flexibility index (Phi) is 5.50. The number of aliphatic hydroxyl groups is 1. The van der Waals surface area contributed by atoms with Gasteiger partial charge < -0.3 is 9.84 Å². The van der Waals surface area contributed by atoms with Crippen molar-refractivity contribution in [3.63, 3.8) is 0 Å². The van der Waals surface area contributed by atoms with E-state index in [9.17, 15) is 9.18 Å². The van der Waals surface area contributed by atoms with Crippen LogP contribution < -0.4 is 15.5 Å².